The molecule has 0 bridgehead atoms. The van der Waals surface area contributed by atoms with E-state index in [-0.39, 0.29) is 12.4 Å². The Morgan fingerprint density at radius 2 is 2.04 bits per heavy atom. The van der Waals surface area contributed by atoms with Gasteiger partial charge in [0.1, 0.15) is 11.1 Å². The van der Waals surface area contributed by atoms with E-state index in [1.54, 1.807) is 6.07 Å². The first-order valence-electron chi connectivity index (χ1n) is 7.48. The lowest BCUT2D eigenvalue weighted by atomic mass is 9.96. The number of carboxylic acid groups (broad SMARTS) is 1. The number of amides is 1. The Bertz CT molecular complexity index is 721. The van der Waals surface area contributed by atoms with Gasteiger partial charge in [-0.25, -0.2) is 4.79 Å². The molecule has 0 aliphatic carbocycles. The molecule has 0 saturated carbocycles. The SMILES string of the molecule is CCCC(C)(NC(=O)c1oc2ccccc2c1COC)C(=O)O. The van der Waals surface area contributed by atoms with E-state index in [0.717, 1.165) is 5.39 Å². The molecule has 1 atom stereocenters. The first-order valence-corrected chi connectivity index (χ1v) is 7.48. The standard InChI is InChI=1S/C17H21NO5/c1-4-9-17(2,16(20)21)18-15(19)14-12(10-22-3)11-7-5-6-8-13(11)23-14/h5-8H,4,9-10H2,1-3H3,(H,18,19)(H,20,21). The monoisotopic (exact) mass is 319 g/mol. The zero-order chi connectivity index (χ0) is 17.0. The number of para-hydroxylation sites is 1. The number of aliphatic carboxylic acids is 1. The summed E-state index contributed by atoms with van der Waals surface area (Å²) in [4.78, 5) is 24.1. The number of rotatable bonds is 7. The van der Waals surface area contributed by atoms with Crippen LogP contribution >= 0.6 is 0 Å². The molecular weight excluding hydrogens is 298 g/mol. The minimum atomic E-state index is -1.34. The molecule has 1 heterocycles. The third-order valence-electron chi connectivity index (χ3n) is 3.80. The molecule has 1 aromatic heterocycles. The summed E-state index contributed by atoms with van der Waals surface area (Å²) in [5, 5.41) is 12.8. The highest BCUT2D eigenvalue weighted by molar-refractivity contribution is 6.01. The first-order chi connectivity index (χ1) is 10.9. The number of nitrogens with one attached hydrogen (secondary N) is 1. The van der Waals surface area contributed by atoms with Gasteiger partial charge in [0.05, 0.1) is 6.61 Å². The number of hydrogen-bond donors (Lipinski definition) is 2. The molecular formula is C17H21NO5. The summed E-state index contributed by atoms with van der Waals surface area (Å²) >= 11 is 0. The van der Waals surface area contributed by atoms with E-state index in [4.69, 9.17) is 9.15 Å². The van der Waals surface area contributed by atoms with Gasteiger partial charge in [-0.2, -0.15) is 0 Å². The molecule has 124 valence electrons. The van der Waals surface area contributed by atoms with Crippen molar-refractivity contribution in [3.05, 3.63) is 35.6 Å². The summed E-state index contributed by atoms with van der Waals surface area (Å²) in [6.07, 6.45) is 0.960. The van der Waals surface area contributed by atoms with Gasteiger partial charge in [0, 0.05) is 18.1 Å². The van der Waals surface area contributed by atoms with Crippen LogP contribution in [0, 0.1) is 0 Å². The quantitative estimate of drug-likeness (QED) is 0.819. The lowest BCUT2D eigenvalue weighted by Gasteiger charge is -2.25. The van der Waals surface area contributed by atoms with Crippen LogP contribution in [-0.4, -0.2) is 29.6 Å². The summed E-state index contributed by atoms with van der Waals surface area (Å²) in [5.41, 5.74) is -0.156. The molecule has 23 heavy (non-hydrogen) atoms. The molecule has 1 aromatic carbocycles. The van der Waals surface area contributed by atoms with Gasteiger partial charge >= 0.3 is 5.97 Å². The summed E-state index contributed by atoms with van der Waals surface area (Å²) in [7, 11) is 1.53. The normalized spacial score (nSPS) is 13.7. The number of ether oxygens (including phenoxy) is 1. The fourth-order valence-corrected chi connectivity index (χ4v) is 2.60. The smallest absolute Gasteiger partial charge is 0.329 e. The number of carbonyl (C=O) groups excluding carboxylic acids is 1. The second kappa shape index (κ2) is 6.83. The van der Waals surface area contributed by atoms with Crippen molar-refractivity contribution in [1.29, 1.82) is 0 Å². The number of fused-ring (bicyclic) bond motifs is 1. The van der Waals surface area contributed by atoms with E-state index in [1.807, 2.05) is 25.1 Å². The largest absolute Gasteiger partial charge is 0.480 e. The number of hydrogen-bond acceptors (Lipinski definition) is 4. The molecule has 2 N–H and O–H groups in total. The van der Waals surface area contributed by atoms with E-state index < -0.39 is 17.4 Å². The highest BCUT2D eigenvalue weighted by atomic mass is 16.5. The van der Waals surface area contributed by atoms with Crippen LogP contribution in [0.4, 0.5) is 0 Å². The molecule has 2 aromatic rings. The molecule has 0 saturated heterocycles. The van der Waals surface area contributed by atoms with Gasteiger partial charge < -0.3 is 19.6 Å². The number of carboxylic acids is 1. The Morgan fingerprint density at radius 1 is 1.35 bits per heavy atom. The Balaban J connectivity index is 2.40. The third-order valence-corrected chi connectivity index (χ3v) is 3.80. The predicted octanol–water partition coefficient (Wildman–Crippen LogP) is 2.95. The fourth-order valence-electron chi connectivity index (χ4n) is 2.60. The van der Waals surface area contributed by atoms with Crippen molar-refractivity contribution < 1.29 is 23.8 Å². The fraction of sp³-hybridized carbons (Fsp3) is 0.412. The van der Waals surface area contributed by atoms with E-state index in [2.05, 4.69) is 5.32 Å². The van der Waals surface area contributed by atoms with Gasteiger partial charge in [-0.3, -0.25) is 4.79 Å². The van der Waals surface area contributed by atoms with Crippen LogP contribution in [0.25, 0.3) is 11.0 Å². The van der Waals surface area contributed by atoms with Gasteiger partial charge in [0.25, 0.3) is 5.91 Å². The summed E-state index contributed by atoms with van der Waals surface area (Å²) in [6, 6.07) is 7.25. The maximum Gasteiger partial charge on any atom is 0.329 e. The zero-order valence-electron chi connectivity index (χ0n) is 13.5. The average molecular weight is 319 g/mol. The third kappa shape index (κ3) is 3.37. The first kappa shape index (κ1) is 17.0. The Hall–Kier alpha value is -2.34. The molecule has 6 nitrogen and oxygen atoms in total. The van der Waals surface area contributed by atoms with Gasteiger partial charge in [0.2, 0.25) is 0 Å². The van der Waals surface area contributed by atoms with Crippen LogP contribution in [0.15, 0.2) is 28.7 Å². The van der Waals surface area contributed by atoms with Gasteiger partial charge in [-0.15, -0.1) is 0 Å². The molecule has 1 amide bonds. The number of carbonyl (C=O) groups is 2. The lowest BCUT2D eigenvalue weighted by molar-refractivity contribution is -0.144. The molecule has 0 aliphatic heterocycles. The topological polar surface area (TPSA) is 88.8 Å². The molecule has 1 unspecified atom stereocenters. The van der Waals surface area contributed by atoms with Crippen molar-refractivity contribution in [2.45, 2.75) is 38.8 Å². The van der Waals surface area contributed by atoms with Crippen LogP contribution < -0.4 is 5.32 Å². The maximum absolute atomic E-state index is 12.6. The van der Waals surface area contributed by atoms with Crippen LogP contribution in [-0.2, 0) is 16.1 Å². The Labute approximate surface area is 134 Å². The molecule has 0 aliphatic rings. The van der Waals surface area contributed by atoms with E-state index in [0.29, 0.717) is 24.0 Å². The van der Waals surface area contributed by atoms with Crippen molar-refractivity contribution in [1.82, 2.24) is 5.32 Å². The molecule has 6 heteroatoms. The summed E-state index contributed by atoms with van der Waals surface area (Å²) in [5.74, 6) is -1.53. The minimum absolute atomic E-state index is 0.0941. The van der Waals surface area contributed by atoms with E-state index >= 15 is 0 Å². The highest BCUT2D eigenvalue weighted by Crippen LogP contribution is 2.27. The molecule has 2 rings (SSSR count). The number of furan rings is 1. The molecule has 0 fully saturated rings. The van der Waals surface area contributed by atoms with Crippen LogP contribution in [0.3, 0.4) is 0 Å². The maximum atomic E-state index is 12.6. The second-order valence-corrected chi connectivity index (χ2v) is 5.68. The average Bonchev–Trinajstić information content (AvgIpc) is 2.87. The van der Waals surface area contributed by atoms with Crippen LogP contribution in [0.1, 0.15) is 42.8 Å². The number of benzene rings is 1. The van der Waals surface area contributed by atoms with Crippen molar-refractivity contribution in [2.24, 2.45) is 0 Å². The van der Waals surface area contributed by atoms with Crippen molar-refractivity contribution in [2.75, 3.05) is 7.11 Å². The summed E-state index contributed by atoms with van der Waals surface area (Å²) in [6.45, 7) is 3.57. The zero-order valence-corrected chi connectivity index (χ0v) is 13.5. The van der Waals surface area contributed by atoms with Gasteiger partial charge in [0.15, 0.2) is 5.76 Å². The summed E-state index contributed by atoms with van der Waals surface area (Å²) < 4.78 is 10.8. The van der Waals surface area contributed by atoms with Crippen LogP contribution in [0.2, 0.25) is 0 Å². The van der Waals surface area contributed by atoms with Crippen molar-refractivity contribution in [3.8, 4) is 0 Å². The molecule has 0 spiro atoms. The Morgan fingerprint density at radius 3 is 2.65 bits per heavy atom. The highest BCUT2D eigenvalue weighted by Gasteiger charge is 2.35. The van der Waals surface area contributed by atoms with Crippen molar-refractivity contribution >= 4 is 22.8 Å². The predicted molar refractivity (Wildman–Crippen MR) is 85.3 cm³/mol. The van der Waals surface area contributed by atoms with Crippen molar-refractivity contribution in [3.63, 3.8) is 0 Å². The second-order valence-electron chi connectivity index (χ2n) is 5.68. The van der Waals surface area contributed by atoms with Gasteiger partial charge in [-0.05, 0) is 19.4 Å². The lowest BCUT2D eigenvalue weighted by Crippen LogP contribution is -2.52. The minimum Gasteiger partial charge on any atom is -0.480 e. The number of methoxy groups -OCH3 is 1. The Kier molecular flexibility index (Phi) is 5.05. The van der Waals surface area contributed by atoms with E-state index in [1.165, 1.54) is 14.0 Å². The van der Waals surface area contributed by atoms with Crippen LogP contribution in [0.5, 0.6) is 0 Å². The van der Waals surface area contributed by atoms with E-state index in [9.17, 15) is 14.7 Å². The van der Waals surface area contributed by atoms with Gasteiger partial charge in [-0.1, -0.05) is 31.5 Å². The molecule has 0 radical (unpaired) electrons.